The third kappa shape index (κ3) is 3.43. The number of para-hydroxylation sites is 1. The average Bonchev–Trinajstić information content (AvgIpc) is 2.25. The highest BCUT2D eigenvalue weighted by Crippen LogP contribution is 2.17. The Morgan fingerprint density at radius 2 is 2.07 bits per heavy atom. The highest BCUT2D eigenvalue weighted by atomic mass is 35.5. The van der Waals surface area contributed by atoms with Gasteiger partial charge in [0.15, 0.2) is 0 Å². The summed E-state index contributed by atoms with van der Waals surface area (Å²) in [7, 11) is 0. The van der Waals surface area contributed by atoms with E-state index in [4.69, 9.17) is 16.3 Å². The normalized spacial score (nSPS) is 10.7. The first kappa shape index (κ1) is 11.1. The standard InChI is InChI=1S/C12H15ClO/c1-2-11-7-3-4-8-12(11)14-10-6-5-9-13/h3-8H,2,9-10H2,1H3. The maximum Gasteiger partial charge on any atom is 0.122 e. The maximum absolute atomic E-state index is 5.58. The summed E-state index contributed by atoms with van der Waals surface area (Å²) in [6, 6.07) is 8.09. The van der Waals surface area contributed by atoms with Crippen LogP contribution in [0.3, 0.4) is 0 Å². The molecule has 0 amide bonds. The second-order valence-electron chi connectivity index (χ2n) is 2.90. The summed E-state index contributed by atoms with van der Waals surface area (Å²) in [5.41, 5.74) is 1.24. The zero-order valence-electron chi connectivity index (χ0n) is 8.37. The molecule has 14 heavy (non-hydrogen) atoms. The van der Waals surface area contributed by atoms with E-state index in [1.807, 2.05) is 30.4 Å². The molecule has 0 spiro atoms. The molecule has 0 fully saturated rings. The molecule has 76 valence electrons. The maximum atomic E-state index is 5.58. The Labute approximate surface area is 90.3 Å². The molecule has 0 unspecified atom stereocenters. The Morgan fingerprint density at radius 1 is 1.29 bits per heavy atom. The summed E-state index contributed by atoms with van der Waals surface area (Å²) >= 11 is 5.50. The van der Waals surface area contributed by atoms with Crippen LogP contribution in [-0.4, -0.2) is 12.5 Å². The van der Waals surface area contributed by atoms with Gasteiger partial charge < -0.3 is 4.74 Å². The van der Waals surface area contributed by atoms with Crippen molar-refractivity contribution < 1.29 is 4.74 Å². The van der Waals surface area contributed by atoms with Gasteiger partial charge in [0.05, 0.1) is 0 Å². The summed E-state index contributed by atoms with van der Waals surface area (Å²) < 4.78 is 5.58. The van der Waals surface area contributed by atoms with Crippen LogP contribution in [0.25, 0.3) is 0 Å². The van der Waals surface area contributed by atoms with Gasteiger partial charge in [0, 0.05) is 5.88 Å². The van der Waals surface area contributed by atoms with Crippen LogP contribution in [0.15, 0.2) is 36.4 Å². The van der Waals surface area contributed by atoms with Gasteiger partial charge in [-0.15, -0.1) is 11.6 Å². The van der Waals surface area contributed by atoms with E-state index in [-0.39, 0.29) is 0 Å². The van der Waals surface area contributed by atoms with E-state index in [9.17, 15) is 0 Å². The summed E-state index contributed by atoms with van der Waals surface area (Å²) in [6.45, 7) is 2.71. The van der Waals surface area contributed by atoms with Gasteiger partial charge in [-0.3, -0.25) is 0 Å². The fourth-order valence-corrected chi connectivity index (χ4v) is 1.33. The van der Waals surface area contributed by atoms with Crippen molar-refractivity contribution in [3.8, 4) is 5.75 Å². The van der Waals surface area contributed by atoms with Crippen molar-refractivity contribution in [2.24, 2.45) is 0 Å². The number of allylic oxidation sites excluding steroid dienone is 1. The number of aryl methyl sites for hydroxylation is 1. The highest BCUT2D eigenvalue weighted by molar-refractivity contribution is 6.18. The molecular weight excluding hydrogens is 196 g/mol. The van der Waals surface area contributed by atoms with E-state index in [1.54, 1.807) is 0 Å². The van der Waals surface area contributed by atoms with E-state index in [0.717, 1.165) is 12.2 Å². The molecule has 2 heteroatoms. The van der Waals surface area contributed by atoms with Crippen LogP contribution in [0.2, 0.25) is 0 Å². The topological polar surface area (TPSA) is 9.23 Å². The van der Waals surface area contributed by atoms with Crippen molar-refractivity contribution in [1.29, 1.82) is 0 Å². The number of hydrogen-bond donors (Lipinski definition) is 0. The lowest BCUT2D eigenvalue weighted by molar-refractivity contribution is 0.359. The van der Waals surface area contributed by atoms with Crippen LogP contribution in [-0.2, 0) is 6.42 Å². The Balaban J connectivity index is 2.53. The third-order valence-corrected chi connectivity index (χ3v) is 2.12. The highest BCUT2D eigenvalue weighted by Gasteiger charge is 1.97. The van der Waals surface area contributed by atoms with Gasteiger partial charge in [-0.2, -0.15) is 0 Å². The van der Waals surface area contributed by atoms with Gasteiger partial charge in [0.25, 0.3) is 0 Å². The van der Waals surface area contributed by atoms with Gasteiger partial charge >= 0.3 is 0 Å². The molecule has 1 aromatic carbocycles. The first-order valence-electron chi connectivity index (χ1n) is 4.80. The molecule has 0 atom stereocenters. The Hall–Kier alpha value is -0.950. The fraction of sp³-hybridized carbons (Fsp3) is 0.333. The largest absolute Gasteiger partial charge is 0.489 e. The summed E-state index contributed by atoms with van der Waals surface area (Å²) in [5.74, 6) is 1.51. The van der Waals surface area contributed by atoms with Gasteiger partial charge in [-0.05, 0) is 18.1 Å². The Kier molecular flexibility index (Phi) is 5.16. The third-order valence-electron chi connectivity index (χ3n) is 1.94. The number of alkyl halides is 1. The molecule has 0 radical (unpaired) electrons. The lowest BCUT2D eigenvalue weighted by atomic mass is 10.1. The number of hydrogen-bond acceptors (Lipinski definition) is 1. The van der Waals surface area contributed by atoms with Crippen molar-refractivity contribution in [1.82, 2.24) is 0 Å². The monoisotopic (exact) mass is 210 g/mol. The van der Waals surface area contributed by atoms with Crippen LogP contribution in [0.4, 0.5) is 0 Å². The van der Waals surface area contributed by atoms with Crippen LogP contribution in [0.5, 0.6) is 5.75 Å². The minimum atomic E-state index is 0.540. The van der Waals surface area contributed by atoms with Crippen LogP contribution < -0.4 is 4.74 Å². The molecule has 1 nitrogen and oxygen atoms in total. The Bertz CT molecular complexity index is 294. The second-order valence-corrected chi connectivity index (χ2v) is 3.21. The van der Waals surface area contributed by atoms with Gasteiger partial charge in [-0.1, -0.05) is 37.3 Å². The molecule has 1 aromatic rings. The number of ether oxygens (including phenoxy) is 1. The summed E-state index contributed by atoms with van der Waals surface area (Å²) in [5, 5.41) is 0. The van der Waals surface area contributed by atoms with E-state index in [1.165, 1.54) is 5.56 Å². The molecular formula is C12H15ClO. The van der Waals surface area contributed by atoms with E-state index in [2.05, 4.69) is 13.0 Å². The zero-order valence-corrected chi connectivity index (χ0v) is 9.13. The molecule has 0 aliphatic rings. The molecule has 0 saturated carbocycles. The Morgan fingerprint density at radius 3 is 2.79 bits per heavy atom. The number of benzene rings is 1. The van der Waals surface area contributed by atoms with E-state index < -0.39 is 0 Å². The van der Waals surface area contributed by atoms with Crippen molar-refractivity contribution in [3.63, 3.8) is 0 Å². The first-order chi connectivity index (χ1) is 6.88. The van der Waals surface area contributed by atoms with E-state index in [0.29, 0.717) is 12.5 Å². The SMILES string of the molecule is CCc1ccccc1OCC=CCCl. The molecule has 0 N–H and O–H groups in total. The molecule has 0 aliphatic heterocycles. The second kappa shape index (κ2) is 6.50. The predicted molar refractivity (Wildman–Crippen MR) is 61.2 cm³/mol. The van der Waals surface area contributed by atoms with Crippen LogP contribution >= 0.6 is 11.6 Å². The van der Waals surface area contributed by atoms with Gasteiger partial charge in [-0.25, -0.2) is 0 Å². The zero-order chi connectivity index (χ0) is 10.2. The smallest absolute Gasteiger partial charge is 0.122 e. The average molecular weight is 211 g/mol. The minimum Gasteiger partial charge on any atom is -0.489 e. The minimum absolute atomic E-state index is 0.540. The molecule has 0 aliphatic carbocycles. The first-order valence-corrected chi connectivity index (χ1v) is 5.33. The number of halogens is 1. The fourth-order valence-electron chi connectivity index (χ4n) is 1.21. The lowest BCUT2D eigenvalue weighted by Crippen LogP contribution is -1.96. The van der Waals surface area contributed by atoms with Gasteiger partial charge in [0.2, 0.25) is 0 Å². The predicted octanol–water partition coefficient (Wildman–Crippen LogP) is 3.42. The summed E-state index contributed by atoms with van der Waals surface area (Å²) in [4.78, 5) is 0. The molecule has 0 bridgehead atoms. The molecule has 0 saturated heterocycles. The quantitative estimate of drug-likeness (QED) is 0.535. The van der Waals surface area contributed by atoms with Crippen LogP contribution in [0, 0.1) is 0 Å². The molecule has 1 rings (SSSR count). The molecule has 0 aromatic heterocycles. The van der Waals surface area contributed by atoms with Crippen molar-refractivity contribution in [2.45, 2.75) is 13.3 Å². The van der Waals surface area contributed by atoms with Gasteiger partial charge in [0.1, 0.15) is 12.4 Å². The number of rotatable bonds is 5. The van der Waals surface area contributed by atoms with Crippen molar-refractivity contribution in [2.75, 3.05) is 12.5 Å². The molecule has 0 heterocycles. The van der Waals surface area contributed by atoms with E-state index >= 15 is 0 Å². The summed E-state index contributed by atoms with van der Waals surface area (Å²) in [6.07, 6.45) is 4.81. The lowest BCUT2D eigenvalue weighted by Gasteiger charge is -2.07. The van der Waals surface area contributed by atoms with Crippen molar-refractivity contribution in [3.05, 3.63) is 42.0 Å². The van der Waals surface area contributed by atoms with Crippen molar-refractivity contribution >= 4 is 11.6 Å². The van der Waals surface area contributed by atoms with Crippen LogP contribution in [0.1, 0.15) is 12.5 Å².